The van der Waals surface area contributed by atoms with Gasteiger partial charge in [-0.25, -0.2) is 19.4 Å². The summed E-state index contributed by atoms with van der Waals surface area (Å²) >= 11 is 0. The van der Waals surface area contributed by atoms with Gasteiger partial charge in [0.15, 0.2) is 0 Å². The highest BCUT2D eigenvalue weighted by Crippen LogP contribution is 2.00. The van der Waals surface area contributed by atoms with Crippen LogP contribution in [-0.4, -0.2) is 18.1 Å². The lowest BCUT2D eigenvalue weighted by Gasteiger charge is -2.11. The van der Waals surface area contributed by atoms with E-state index in [1.54, 1.807) is 13.8 Å². The van der Waals surface area contributed by atoms with Gasteiger partial charge in [-0.2, -0.15) is 0 Å². The minimum absolute atomic E-state index is 0. The predicted molar refractivity (Wildman–Crippen MR) is 46.8 cm³/mol. The van der Waals surface area contributed by atoms with Gasteiger partial charge < -0.3 is 11.5 Å². The maximum Gasteiger partial charge on any atom is 0.447 e. The van der Waals surface area contributed by atoms with Gasteiger partial charge in [-0.3, -0.25) is 0 Å². The van der Waals surface area contributed by atoms with E-state index in [4.69, 9.17) is 5.73 Å². The van der Waals surface area contributed by atoms with Crippen LogP contribution >= 0.6 is 12.4 Å². The summed E-state index contributed by atoms with van der Waals surface area (Å²) in [6, 6.07) is -0.815. The van der Waals surface area contributed by atoms with Crippen molar-refractivity contribution in [3.8, 4) is 0 Å². The smallest absolute Gasteiger partial charge is 0.332 e. The fourth-order valence-electron chi connectivity index (χ4n) is 0.410. The first-order valence-electron chi connectivity index (χ1n) is 3.38. The molecule has 0 rings (SSSR count). The van der Waals surface area contributed by atoms with Crippen LogP contribution in [-0.2, 0) is 14.6 Å². The van der Waals surface area contributed by atoms with Gasteiger partial charge in [0, 0.05) is 0 Å². The molecule has 4 N–H and O–H groups in total. The highest BCUT2D eigenvalue weighted by atomic mass is 35.5. The molecule has 0 spiro atoms. The number of nitrogens with two attached hydrogens (primary N) is 2. The van der Waals surface area contributed by atoms with Crippen molar-refractivity contribution in [1.82, 2.24) is 0 Å². The number of carbonyl (C=O) groups excluding carboxylic acids is 2. The van der Waals surface area contributed by atoms with Crippen LogP contribution in [0.5, 0.6) is 0 Å². The predicted octanol–water partition coefficient (Wildman–Crippen LogP) is -0.0550. The lowest BCUT2D eigenvalue weighted by Crippen LogP contribution is -2.37. The second-order valence-electron chi connectivity index (χ2n) is 2.57. The molecule has 13 heavy (non-hydrogen) atoms. The number of hydrogen-bond acceptors (Lipinski definition) is 5. The molecule has 0 bridgehead atoms. The fourth-order valence-corrected chi connectivity index (χ4v) is 0.410. The summed E-state index contributed by atoms with van der Waals surface area (Å²) < 4.78 is 0. The molecule has 0 fully saturated rings. The highest BCUT2D eigenvalue weighted by molar-refractivity contribution is 5.85. The van der Waals surface area contributed by atoms with Crippen molar-refractivity contribution < 1.29 is 19.4 Å². The molecule has 0 saturated heterocycles. The molecule has 0 aromatic heterocycles. The Balaban J connectivity index is 0. The van der Waals surface area contributed by atoms with E-state index in [0.717, 1.165) is 0 Å². The quantitative estimate of drug-likeness (QED) is 0.493. The molecule has 6 nitrogen and oxygen atoms in total. The standard InChI is InChI=1S/C6H12N2O4.ClH/c1-3(2)4(7)5(9)11-12-6(8)10;/h3-4H,7H2,1-2H3,(H2,8,10);1H/t4-;/m0./s1. The molecule has 0 radical (unpaired) electrons. The average molecular weight is 213 g/mol. The summed E-state index contributed by atoms with van der Waals surface area (Å²) in [4.78, 5) is 28.6. The number of primary amides is 1. The first kappa shape index (κ1) is 14.5. The second-order valence-corrected chi connectivity index (χ2v) is 2.57. The zero-order valence-electron chi connectivity index (χ0n) is 7.35. The summed E-state index contributed by atoms with van der Waals surface area (Å²) in [6.45, 7) is 3.46. The summed E-state index contributed by atoms with van der Waals surface area (Å²) in [7, 11) is 0. The van der Waals surface area contributed by atoms with Crippen LogP contribution in [0.15, 0.2) is 0 Å². The van der Waals surface area contributed by atoms with Crippen molar-refractivity contribution in [2.24, 2.45) is 17.4 Å². The first-order chi connectivity index (χ1) is 5.45. The average Bonchev–Trinajstić information content (AvgIpc) is 1.98. The van der Waals surface area contributed by atoms with Crippen LogP contribution in [0.3, 0.4) is 0 Å². The molecule has 1 atom stereocenters. The molecular weight excluding hydrogens is 200 g/mol. The van der Waals surface area contributed by atoms with Crippen molar-refractivity contribution in [2.45, 2.75) is 19.9 Å². The molecule has 0 aromatic carbocycles. The van der Waals surface area contributed by atoms with Gasteiger partial charge in [0.2, 0.25) is 0 Å². The molecule has 0 unspecified atom stereocenters. The Morgan fingerprint density at radius 3 is 2.00 bits per heavy atom. The molecule has 0 aromatic rings. The normalized spacial score (nSPS) is 11.4. The summed E-state index contributed by atoms with van der Waals surface area (Å²) in [5, 5.41) is 0. The fraction of sp³-hybridized carbons (Fsp3) is 0.667. The van der Waals surface area contributed by atoms with Crippen molar-refractivity contribution >= 4 is 24.5 Å². The molecule has 0 aliphatic heterocycles. The second kappa shape index (κ2) is 6.50. The van der Waals surface area contributed by atoms with E-state index in [-0.39, 0.29) is 18.3 Å². The highest BCUT2D eigenvalue weighted by Gasteiger charge is 2.20. The maximum absolute atomic E-state index is 10.8. The summed E-state index contributed by atoms with van der Waals surface area (Å²) in [6.07, 6.45) is -1.18. The van der Waals surface area contributed by atoms with E-state index >= 15 is 0 Å². The molecule has 78 valence electrons. The minimum atomic E-state index is -1.18. The van der Waals surface area contributed by atoms with Gasteiger partial charge >= 0.3 is 12.1 Å². The number of halogens is 1. The summed E-state index contributed by atoms with van der Waals surface area (Å²) in [5.41, 5.74) is 9.88. The van der Waals surface area contributed by atoms with E-state index in [1.165, 1.54) is 0 Å². The molecule has 7 heteroatoms. The number of hydrogen-bond donors (Lipinski definition) is 2. The minimum Gasteiger partial charge on any atom is -0.332 e. The van der Waals surface area contributed by atoms with Crippen LogP contribution in [0, 0.1) is 5.92 Å². The van der Waals surface area contributed by atoms with Gasteiger partial charge in [0.25, 0.3) is 0 Å². The van der Waals surface area contributed by atoms with Gasteiger partial charge in [-0.1, -0.05) is 13.8 Å². The van der Waals surface area contributed by atoms with Crippen molar-refractivity contribution in [3.05, 3.63) is 0 Å². The first-order valence-corrected chi connectivity index (χ1v) is 3.38. The largest absolute Gasteiger partial charge is 0.447 e. The third-order valence-corrected chi connectivity index (χ3v) is 1.20. The van der Waals surface area contributed by atoms with Crippen LogP contribution < -0.4 is 11.5 Å². The number of rotatable bonds is 2. The molecule has 0 heterocycles. The third-order valence-electron chi connectivity index (χ3n) is 1.20. The van der Waals surface area contributed by atoms with Crippen molar-refractivity contribution in [3.63, 3.8) is 0 Å². The number of amides is 1. The molecule has 0 saturated carbocycles. The monoisotopic (exact) mass is 212 g/mol. The lowest BCUT2D eigenvalue weighted by molar-refractivity contribution is -0.233. The zero-order chi connectivity index (χ0) is 9.72. The SMILES string of the molecule is CC(C)[C@H](N)C(=O)OOC(N)=O.Cl. The zero-order valence-corrected chi connectivity index (χ0v) is 8.17. The molecule has 0 aliphatic rings. The summed E-state index contributed by atoms with van der Waals surface area (Å²) in [5.74, 6) is -0.905. The Kier molecular flexibility index (Phi) is 7.26. The topological polar surface area (TPSA) is 105 Å². The van der Waals surface area contributed by atoms with E-state index < -0.39 is 18.1 Å². The Labute approximate surface area is 81.9 Å². The number of carbonyl (C=O) groups is 2. The van der Waals surface area contributed by atoms with Gasteiger partial charge in [0.05, 0.1) is 0 Å². The van der Waals surface area contributed by atoms with Crippen molar-refractivity contribution in [2.75, 3.05) is 0 Å². The molecule has 0 aliphatic carbocycles. The van der Waals surface area contributed by atoms with Crippen molar-refractivity contribution in [1.29, 1.82) is 0 Å². The van der Waals surface area contributed by atoms with Crippen LogP contribution in [0.4, 0.5) is 4.79 Å². The van der Waals surface area contributed by atoms with Crippen LogP contribution in [0.2, 0.25) is 0 Å². The maximum atomic E-state index is 10.8. The van der Waals surface area contributed by atoms with E-state index in [2.05, 4.69) is 15.5 Å². The lowest BCUT2D eigenvalue weighted by atomic mass is 10.1. The molecule has 1 amide bonds. The van der Waals surface area contributed by atoms with Crippen LogP contribution in [0.25, 0.3) is 0 Å². The van der Waals surface area contributed by atoms with Gasteiger partial charge in [-0.15, -0.1) is 12.4 Å². The Morgan fingerprint density at radius 2 is 1.69 bits per heavy atom. The molecular formula is C6H13ClN2O4. The van der Waals surface area contributed by atoms with Gasteiger partial charge in [0.1, 0.15) is 6.04 Å². The Hall–Kier alpha value is -1.01. The van der Waals surface area contributed by atoms with Crippen LogP contribution in [0.1, 0.15) is 13.8 Å². The van der Waals surface area contributed by atoms with E-state index in [1.807, 2.05) is 0 Å². The Morgan fingerprint density at radius 1 is 1.23 bits per heavy atom. The van der Waals surface area contributed by atoms with Gasteiger partial charge in [-0.05, 0) is 5.92 Å². The third kappa shape index (κ3) is 6.18. The Bertz CT molecular complexity index is 185. The van der Waals surface area contributed by atoms with E-state index in [0.29, 0.717) is 0 Å². The van der Waals surface area contributed by atoms with E-state index in [9.17, 15) is 9.59 Å².